The largest absolute Gasteiger partial charge is 0.336 e. The molecule has 1 N–H and O–H groups in total. The molecule has 0 saturated carbocycles. The van der Waals surface area contributed by atoms with E-state index in [1.54, 1.807) is 10.8 Å². The van der Waals surface area contributed by atoms with E-state index in [-0.39, 0.29) is 15.9 Å². The summed E-state index contributed by atoms with van der Waals surface area (Å²) < 4.78 is 29.4. The van der Waals surface area contributed by atoms with E-state index in [1.807, 2.05) is 31.2 Å². The molecule has 0 amide bonds. The van der Waals surface area contributed by atoms with Gasteiger partial charge in [0, 0.05) is 17.6 Å². The highest BCUT2D eigenvalue weighted by molar-refractivity contribution is 9.09. The van der Waals surface area contributed by atoms with Gasteiger partial charge in [-0.2, -0.15) is 0 Å². The summed E-state index contributed by atoms with van der Waals surface area (Å²) in [6.07, 6.45) is 3.89. The van der Waals surface area contributed by atoms with Gasteiger partial charge in [-0.05, 0) is 24.5 Å². The molecule has 0 saturated heterocycles. The molecular weight excluding hydrogens is 354 g/mol. The van der Waals surface area contributed by atoms with Crippen molar-refractivity contribution in [1.29, 1.82) is 0 Å². The Hall–Kier alpha value is -1.18. The number of benzene rings is 1. The van der Waals surface area contributed by atoms with Crippen molar-refractivity contribution in [3.63, 3.8) is 0 Å². The van der Waals surface area contributed by atoms with Gasteiger partial charge in [0.15, 0.2) is 5.03 Å². The first-order valence-electron chi connectivity index (χ1n) is 6.77. The lowest BCUT2D eigenvalue weighted by molar-refractivity contribution is 0.556. The first-order chi connectivity index (χ1) is 10.0. The highest BCUT2D eigenvalue weighted by atomic mass is 79.9. The number of rotatable bonds is 4. The van der Waals surface area contributed by atoms with Gasteiger partial charge >= 0.3 is 0 Å². The van der Waals surface area contributed by atoms with Crippen LogP contribution in [0.3, 0.4) is 0 Å². The number of aromatic nitrogens is 2. The molecule has 2 atom stereocenters. The van der Waals surface area contributed by atoms with Crippen molar-refractivity contribution >= 4 is 26.0 Å². The zero-order chi connectivity index (χ0) is 15.0. The zero-order valence-corrected chi connectivity index (χ0v) is 13.9. The molecule has 0 aliphatic heterocycles. The summed E-state index contributed by atoms with van der Waals surface area (Å²) in [5.41, 5.74) is 2.20. The fourth-order valence-electron chi connectivity index (χ4n) is 2.56. The van der Waals surface area contributed by atoms with Crippen LogP contribution in [0.25, 0.3) is 0 Å². The maximum atomic E-state index is 12.5. The highest BCUT2D eigenvalue weighted by Gasteiger charge is 2.34. The van der Waals surface area contributed by atoms with Gasteiger partial charge in [0.1, 0.15) is 0 Å². The minimum absolute atomic E-state index is 0.0536. The molecule has 21 heavy (non-hydrogen) atoms. The summed E-state index contributed by atoms with van der Waals surface area (Å²) in [7, 11) is -3.62. The van der Waals surface area contributed by atoms with E-state index in [0.717, 1.165) is 12.0 Å². The Morgan fingerprint density at radius 1 is 1.43 bits per heavy atom. The van der Waals surface area contributed by atoms with Gasteiger partial charge in [0.25, 0.3) is 10.0 Å². The van der Waals surface area contributed by atoms with Crippen LogP contribution < -0.4 is 4.72 Å². The number of sulfonamides is 1. The SMILES string of the molecule is CCn1cnc(S(=O)(=O)NC2c3ccccc3CC2Br)c1. The lowest BCUT2D eigenvalue weighted by Gasteiger charge is -2.16. The number of alkyl halides is 1. The molecule has 7 heteroatoms. The molecule has 5 nitrogen and oxygen atoms in total. The second-order valence-corrected chi connectivity index (χ2v) is 7.90. The number of nitrogens with zero attached hydrogens (tertiary/aromatic N) is 2. The van der Waals surface area contributed by atoms with Crippen molar-refractivity contribution in [2.24, 2.45) is 0 Å². The fraction of sp³-hybridized carbons (Fsp3) is 0.357. The van der Waals surface area contributed by atoms with Gasteiger partial charge in [-0.25, -0.2) is 18.1 Å². The van der Waals surface area contributed by atoms with E-state index in [0.29, 0.717) is 6.54 Å². The number of hydrogen-bond donors (Lipinski definition) is 1. The molecule has 0 bridgehead atoms. The molecule has 112 valence electrons. The van der Waals surface area contributed by atoms with Gasteiger partial charge < -0.3 is 4.57 Å². The smallest absolute Gasteiger partial charge is 0.260 e. The maximum Gasteiger partial charge on any atom is 0.260 e. The lowest BCUT2D eigenvalue weighted by atomic mass is 10.1. The predicted octanol–water partition coefficient (Wildman–Crippen LogP) is 2.24. The van der Waals surface area contributed by atoms with Crippen LogP contribution in [-0.4, -0.2) is 22.8 Å². The minimum Gasteiger partial charge on any atom is -0.336 e. The Balaban J connectivity index is 1.89. The van der Waals surface area contributed by atoms with E-state index in [4.69, 9.17) is 0 Å². The molecule has 1 aliphatic rings. The van der Waals surface area contributed by atoms with Crippen LogP contribution in [0, 0.1) is 0 Å². The van der Waals surface area contributed by atoms with Crippen molar-refractivity contribution in [2.75, 3.05) is 0 Å². The van der Waals surface area contributed by atoms with Crippen LogP contribution in [0.1, 0.15) is 24.1 Å². The Kier molecular flexibility index (Phi) is 3.90. The highest BCUT2D eigenvalue weighted by Crippen LogP contribution is 2.36. The Morgan fingerprint density at radius 3 is 2.90 bits per heavy atom. The van der Waals surface area contributed by atoms with E-state index in [9.17, 15) is 8.42 Å². The lowest BCUT2D eigenvalue weighted by Crippen LogP contribution is -2.32. The number of fused-ring (bicyclic) bond motifs is 1. The van der Waals surface area contributed by atoms with Crippen molar-refractivity contribution in [1.82, 2.24) is 14.3 Å². The maximum absolute atomic E-state index is 12.5. The molecule has 3 rings (SSSR count). The average Bonchev–Trinajstić information content (AvgIpc) is 3.05. The first kappa shape index (κ1) is 14.7. The predicted molar refractivity (Wildman–Crippen MR) is 83.8 cm³/mol. The summed E-state index contributed by atoms with van der Waals surface area (Å²) in [5, 5.41) is 0.0634. The summed E-state index contributed by atoms with van der Waals surface area (Å²) in [6.45, 7) is 2.63. The number of halogens is 1. The minimum atomic E-state index is -3.62. The third kappa shape index (κ3) is 2.77. The monoisotopic (exact) mass is 369 g/mol. The third-order valence-electron chi connectivity index (χ3n) is 3.70. The summed E-state index contributed by atoms with van der Waals surface area (Å²) in [6, 6.07) is 7.63. The van der Waals surface area contributed by atoms with Crippen LogP contribution in [-0.2, 0) is 23.0 Å². The van der Waals surface area contributed by atoms with Gasteiger partial charge in [0.05, 0.1) is 12.4 Å². The molecule has 2 unspecified atom stereocenters. The first-order valence-corrected chi connectivity index (χ1v) is 9.17. The number of imidazole rings is 1. The average molecular weight is 370 g/mol. The van der Waals surface area contributed by atoms with Crippen molar-refractivity contribution in [2.45, 2.75) is 35.8 Å². The Labute approximate surface area is 132 Å². The van der Waals surface area contributed by atoms with Crippen LogP contribution in [0.4, 0.5) is 0 Å². The third-order valence-corrected chi connectivity index (χ3v) is 5.88. The van der Waals surface area contributed by atoms with E-state index < -0.39 is 10.0 Å². The second-order valence-electron chi connectivity index (χ2n) is 5.06. The van der Waals surface area contributed by atoms with Crippen LogP contribution in [0.2, 0.25) is 0 Å². The summed E-state index contributed by atoms with van der Waals surface area (Å²) in [4.78, 5) is 4.03. The van der Waals surface area contributed by atoms with E-state index in [2.05, 4.69) is 25.6 Å². The topological polar surface area (TPSA) is 64.0 Å². The molecule has 1 aromatic heterocycles. The fourth-order valence-corrected chi connectivity index (χ4v) is 4.71. The Morgan fingerprint density at radius 2 is 2.19 bits per heavy atom. The molecular formula is C14H16BrN3O2S. The van der Waals surface area contributed by atoms with Crippen LogP contribution in [0.5, 0.6) is 0 Å². The number of hydrogen-bond acceptors (Lipinski definition) is 3. The van der Waals surface area contributed by atoms with E-state index >= 15 is 0 Å². The quantitative estimate of drug-likeness (QED) is 0.840. The van der Waals surface area contributed by atoms with Crippen molar-refractivity contribution in [3.8, 4) is 0 Å². The number of nitrogens with one attached hydrogen (secondary N) is 1. The second kappa shape index (κ2) is 5.55. The van der Waals surface area contributed by atoms with Crippen molar-refractivity contribution < 1.29 is 8.42 Å². The summed E-state index contributed by atoms with van der Waals surface area (Å²) in [5.74, 6) is 0. The zero-order valence-electron chi connectivity index (χ0n) is 11.5. The molecule has 1 aromatic carbocycles. The molecule has 0 spiro atoms. The molecule has 1 aliphatic carbocycles. The Bertz CT molecular complexity index is 757. The summed E-state index contributed by atoms with van der Waals surface area (Å²) >= 11 is 3.58. The van der Waals surface area contributed by atoms with Gasteiger partial charge in [0.2, 0.25) is 0 Å². The van der Waals surface area contributed by atoms with Gasteiger partial charge in [-0.3, -0.25) is 0 Å². The van der Waals surface area contributed by atoms with Gasteiger partial charge in [-0.15, -0.1) is 0 Å². The van der Waals surface area contributed by atoms with Crippen molar-refractivity contribution in [3.05, 3.63) is 47.9 Å². The van der Waals surface area contributed by atoms with Gasteiger partial charge in [-0.1, -0.05) is 40.2 Å². The standard InChI is InChI=1S/C14H16BrN3O2S/c1-2-18-8-13(16-9-18)21(19,20)17-14-11-6-4-3-5-10(11)7-12(14)15/h3-6,8-9,12,14,17H,2,7H2,1H3. The van der Waals surface area contributed by atoms with Crippen LogP contribution >= 0.6 is 15.9 Å². The van der Waals surface area contributed by atoms with Crippen LogP contribution in [0.15, 0.2) is 41.8 Å². The molecule has 1 heterocycles. The molecule has 0 radical (unpaired) electrons. The molecule has 2 aromatic rings. The number of aryl methyl sites for hydroxylation is 1. The van der Waals surface area contributed by atoms with E-state index in [1.165, 1.54) is 11.9 Å². The normalized spacial score (nSPS) is 21.4. The molecule has 0 fully saturated rings.